The lowest BCUT2D eigenvalue weighted by atomic mass is 10.3. The van der Waals surface area contributed by atoms with Gasteiger partial charge in [0, 0.05) is 18.6 Å². The highest BCUT2D eigenvalue weighted by Crippen LogP contribution is 1.98. The van der Waals surface area contributed by atoms with Crippen LogP contribution in [0.4, 0.5) is 0 Å². The van der Waals surface area contributed by atoms with E-state index < -0.39 is 0 Å². The number of aryl methyl sites for hydroxylation is 2. The highest BCUT2D eigenvalue weighted by Gasteiger charge is 1.95. The number of halogens is 1. The number of hydrogen-bond acceptors (Lipinski definition) is 2. The molecule has 0 radical (unpaired) electrons. The van der Waals surface area contributed by atoms with E-state index in [1.54, 1.807) is 4.68 Å². The van der Waals surface area contributed by atoms with Crippen LogP contribution < -0.4 is 0 Å². The Hall–Kier alpha value is -0.380. The van der Waals surface area contributed by atoms with E-state index in [9.17, 15) is 0 Å². The van der Waals surface area contributed by atoms with Crippen LogP contribution in [0.25, 0.3) is 0 Å². The molecule has 1 aromatic rings. The topological polar surface area (TPSA) is 30.7 Å². The summed E-state index contributed by atoms with van der Waals surface area (Å²) in [4.78, 5) is 0. The molecule has 0 aliphatic rings. The highest BCUT2D eigenvalue weighted by molar-refractivity contribution is 9.09. The third kappa shape index (κ3) is 2.10. The molecule has 56 valence electrons. The molecule has 0 amide bonds. The zero-order valence-corrected chi connectivity index (χ0v) is 7.50. The minimum absolute atomic E-state index is 1.01. The Bertz CT molecular complexity index is 197. The van der Waals surface area contributed by atoms with Crippen LogP contribution in [0.2, 0.25) is 0 Å². The normalized spacial score (nSPS) is 10.2. The van der Waals surface area contributed by atoms with Crippen LogP contribution in [0.3, 0.4) is 0 Å². The summed E-state index contributed by atoms with van der Waals surface area (Å²) in [6, 6.07) is 0. The molecule has 0 N–H and O–H groups in total. The van der Waals surface area contributed by atoms with E-state index >= 15 is 0 Å². The summed E-state index contributed by atoms with van der Waals surface area (Å²) in [5.74, 6) is 0. The molecule has 0 saturated carbocycles. The van der Waals surface area contributed by atoms with Crippen molar-refractivity contribution in [1.82, 2.24) is 15.0 Å². The second-order valence-electron chi connectivity index (χ2n) is 2.18. The Labute approximate surface area is 68.6 Å². The van der Waals surface area contributed by atoms with Crippen molar-refractivity contribution in [2.24, 2.45) is 7.05 Å². The van der Waals surface area contributed by atoms with Crippen LogP contribution in [0.5, 0.6) is 0 Å². The summed E-state index contributed by atoms with van der Waals surface area (Å²) >= 11 is 3.36. The number of nitrogens with zero attached hydrogens (tertiary/aromatic N) is 3. The molecule has 0 aromatic carbocycles. The lowest BCUT2D eigenvalue weighted by molar-refractivity contribution is 0.712. The minimum Gasteiger partial charge on any atom is -0.255 e. The lowest BCUT2D eigenvalue weighted by Crippen LogP contribution is -1.85. The summed E-state index contributed by atoms with van der Waals surface area (Å²) in [6.45, 7) is 0. The van der Waals surface area contributed by atoms with Gasteiger partial charge in [-0.2, -0.15) is 0 Å². The molecule has 0 aliphatic carbocycles. The van der Waals surface area contributed by atoms with Gasteiger partial charge in [0.15, 0.2) is 0 Å². The van der Waals surface area contributed by atoms with Crippen LogP contribution in [0.1, 0.15) is 12.1 Å². The first kappa shape index (κ1) is 7.72. The fourth-order valence-corrected chi connectivity index (χ4v) is 1.04. The van der Waals surface area contributed by atoms with Gasteiger partial charge in [-0.25, -0.2) is 0 Å². The van der Waals surface area contributed by atoms with Gasteiger partial charge < -0.3 is 0 Å². The Morgan fingerprint density at radius 3 is 3.00 bits per heavy atom. The maximum Gasteiger partial charge on any atom is 0.0827 e. The van der Waals surface area contributed by atoms with Gasteiger partial charge >= 0.3 is 0 Å². The molecule has 0 bridgehead atoms. The van der Waals surface area contributed by atoms with Gasteiger partial charge in [0.1, 0.15) is 0 Å². The van der Waals surface area contributed by atoms with Gasteiger partial charge in [-0.15, -0.1) is 5.10 Å². The van der Waals surface area contributed by atoms with E-state index in [2.05, 4.69) is 26.2 Å². The Morgan fingerprint density at radius 2 is 2.50 bits per heavy atom. The number of alkyl halides is 1. The SMILES string of the molecule is Cn1cc(CCCBr)nn1. The predicted molar refractivity (Wildman–Crippen MR) is 43.1 cm³/mol. The number of aromatic nitrogens is 3. The van der Waals surface area contributed by atoms with Crippen molar-refractivity contribution < 1.29 is 0 Å². The molecule has 1 rings (SSSR count). The maximum atomic E-state index is 3.95. The van der Waals surface area contributed by atoms with Gasteiger partial charge in [0.05, 0.1) is 5.69 Å². The lowest BCUT2D eigenvalue weighted by Gasteiger charge is -1.87. The summed E-state index contributed by atoms with van der Waals surface area (Å²) in [5, 5.41) is 8.80. The molecule has 0 unspecified atom stereocenters. The zero-order valence-electron chi connectivity index (χ0n) is 5.92. The largest absolute Gasteiger partial charge is 0.255 e. The van der Waals surface area contributed by atoms with Gasteiger partial charge in [0.2, 0.25) is 0 Å². The molecule has 0 aliphatic heterocycles. The standard InChI is InChI=1S/C6H10BrN3/c1-10-5-6(8-9-10)3-2-4-7/h5H,2-4H2,1H3. The van der Waals surface area contributed by atoms with E-state index in [-0.39, 0.29) is 0 Å². The summed E-state index contributed by atoms with van der Waals surface area (Å²) < 4.78 is 1.73. The number of rotatable bonds is 3. The van der Waals surface area contributed by atoms with Crippen LogP contribution in [0, 0.1) is 0 Å². The molecule has 4 heteroatoms. The second kappa shape index (κ2) is 3.71. The van der Waals surface area contributed by atoms with E-state index in [1.165, 1.54) is 0 Å². The molecule has 3 nitrogen and oxygen atoms in total. The van der Waals surface area contributed by atoms with Gasteiger partial charge in [0.25, 0.3) is 0 Å². The quantitative estimate of drug-likeness (QED) is 0.691. The fraction of sp³-hybridized carbons (Fsp3) is 0.667. The van der Waals surface area contributed by atoms with Gasteiger partial charge in [-0.3, -0.25) is 4.68 Å². The van der Waals surface area contributed by atoms with Crippen molar-refractivity contribution in [3.05, 3.63) is 11.9 Å². The average molecular weight is 204 g/mol. The van der Waals surface area contributed by atoms with Gasteiger partial charge in [-0.1, -0.05) is 21.1 Å². The number of hydrogen-bond donors (Lipinski definition) is 0. The molecule has 0 saturated heterocycles. The zero-order chi connectivity index (χ0) is 7.40. The van der Waals surface area contributed by atoms with Gasteiger partial charge in [-0.05, 0) is 12.8 Å². The molecular formula is C6H10BrN3. The molecule has 1 aromatic heterocycles. The third-order valence-corrected chi connectivity index (χ3v) is 1.78. The molecule has 1 heterocycles. The first-order valence-electron chi connectivity index (χ1n) is 3.24. The Morgan fingerprint density at radius 1 is 1.70 bits per heavy atom. The van der Waals surface area contributed by atoms with Crippen molar-refractivity contribution in [1.29, 1.82) is 0 Å². The fourth-order valence-electron chi connectivity index (χ4n) is 0.758. The maximum absolute atomic E-state index is 3.95. The van der Waals surface area contributed by atoms with Crippen molar-refractivity contribution in [2.75, 3.05) is 5.33 Å². The average Bonchev–Trinajstić information content (AvgIpc) is 2.31. The van der Waals surface area contributed by atoms with Crippen LogP contribution >= 0.6 is 15.9 Å². The first-order valence-corrected chi connectivity index (χ1v) is 4.36. The van der Waals surface area contributed by atoms with Crippen LogP contribution in [-0.2, 0) is 13.5 Å². The predicted octanol–water partition coefficient (Wildman–Crippen LogP) is 1.14. The van der Waals surface area contributed by atoms with Crippen molar-refractivity contribution in [3.63, 3.8) is 0 Å². The van der Waals surface area contributed by atoms with Crippen LogP contribution in [-0.4, -0.2) is 20.3 Å². The molecule has 0 spiro atoms. The Kier molecular flexibility index (Phi) is 2.86. The van der Waals surface area contributed by atoms with E-state index in [1.807, 2.05) is 13.2 Å². The summed E-state index contributed by atoms with van der Waals surface area (Å²) in [6.07, 6.45) is 4.08. The highest BCUT2D eigenvalue weighted by atomic mass is 79.9. The van der Waals surface area contributed by atoms with E-state index in [4.69, 9.17) is 0 Å². The molecular weight excluding hydrogens is 194 g/mol. The van der Waals surface area contributed by atoms with Crippen LogP contribution in [0.15, 0.2) is 6.20 Å². The summed E-state index contributed by atoms with van der Waals surface area (Å²) in [5.41, 5.74) is 1.07. The van der Waals surface area contributed by atoms with Crippen molar-refractivity contribution >= 4 is 15.9 Å². The minimum atomic E-state index is 1.01. The third-order valence-electron chi connectivity index (χ3n) is 1.22. The second-order valence-corrected chi connectivity index (χ2v) is 2.97. The van der Waals surface area contributed by atoms with E-state index in [0.717, 1.165) is 23.9 Å². The Balaban J connectivity index is 2.42. The monoisotopic (exact) mass is 203 g/mol. The summed E-state index contributed by atoms with van der Waals surface area (Å²) in [7, 11) is 1.88. The smallest absolute Gasteiger partial charge is 0.0827 e. The van der Waals surface area contributed by atoms with Crippen molar-refractivity contribution in [3.8, 4) is 0 Å². The van der Waals surface area contributed by atoms with Crippen molar-refractivity contribution in [2.45, 2.75) is 12.8 Å². The molecule has 10 heavy (non-hydrogen) atoms. The molecule has 0 atom stereocenters. The first-order chi connectivity index (χ1) is 4.83. The molecule has 0 fully saturated rings. The van der Waals surface area contributed by atoms with E-state index in [0.29, 0.717) is 0 Å².